The van der Waals surface area contributed by atoms with E-state index in [2.05, 4.69) is 55.0 Å². The van der Waals surface area contributed by atoms with Crippen molar-refractivity contribution in [2.45, 2.75) is 25.4 Å². The monoisotopic (exact) mass is 351 g/mol. The molecule has 3 heterocycles. The molecule has 0 spiro atoms. The van der Waals surface area contributed by atoms with Crippen LogP contribution in [0.1, 0.15) is 24.4 Å². The Kier molecular flexibility index (Phi) is 4.72. The number of nitrogens with one attached hydrogen (secondary N) is 1. The SMILES string of the molecule is S=c1[nH]nc(-c2ccccn2)n1C1CCN(Cc2ccccc2)CC1. The van der Waals surface area contributed by atoms with Crippen LogP contribution in [0, 0.1) is 4.77 Å². The molecule has 4 rings (SSSR count). The van der Waals surface area contributed by atoms with Crippen LogP contribution >= 0.6 is 12.2 Å². The molecule has 6 heteroatoms. The van der Waals surface area contributed by atoms with Crippen LogP contribution < -0.4 is 0 Å². The quantitative estimate of drug-likeness (QED) is 0.726. The van der Waals surface area contributed by atoms with Crippen LogP contribution in [-0.4, -0.2) is 37.7 Å². The molecule has 1 aromatic carbocycles. The summed E-state index contributed by atoms with van der Waals surface area (Å²) in [5.41, 5.74) is 2.23. The van der Waals surface area contributed by atoms with Gasteiger partial charge in [0.05, 0.1) is 0 Å². The highest BCUT2D eigenvalue weighted by Crippen LogP contribution is 2.28. The first-order chi connectivity index (χ1) is 12.3. The van der Waals surface area contributed by atoms with Crippen LogP contribution in [0.15, 0.2) is 54.7 Å². The molecular formula is C19H21N5S. The Morgan fingerprint density at radius 2 is 1.80 bits per heavy atom. The molecule has 128 valence electrons. The Labute approximate surface area is 152 Å². The predicted molar refractivity (Wildman–Crippen MR) is 101 cm³/mol. The number of nitrogens with zero attached hydrogens (tertiary/aromatic N) is 4. The lowest BCUT2D eigenvalue weighted by Crippen LogP contribution is -2.34. The van der Waals surface area contributed by atoms with E-state index in [0.717, 1.165) is 44.0 Å². The normalized spacial score (nSPS) is 16.2. The number of rotatable bonds is 4. The minimum atomic E-state index is 0.371. The van der Waals surface area contributed by atoms with Crippen LogP contribution in [-0.2, 0) is 6.54 Å². The largest absolute Gasteiger partial charge is 0.299 e. The van der Waals surface area contributed by atoms with E-state index in [1.54, 1.807) is 6.20 Å². The lowest BCUT2D eigenvalue weighted by Gasteiger charge is -2.32. The van der Waals surface area contributed by atoms with E-state index in [1.165, 1.54) is 5.56 Å². The van der Waals surface area contributed by atoms with E-state index in [-0.39, 0.29) is 0 Å². The summed E-state index contributed by atoms with van der Waals surface area (Å²) < 4.78 is 2.83. The third-order valence-electron chi connectivity index (χ3n) is 4.77. The number of aromatic amines is 1. The molecule has 1 fully saturated rings. The number of pyridine rings is 1. The number of benzene rings is 1. The molecule has 3 aromatic rings. The predicted octanol–water partition coefficient (Wildman–Crippen LogP) is 3.84. The van der Waals surface area contributed by atoms with Gasteiger partial charge < -0.3 is 0 Å². The van der Waals surface area contributed by atoms with Crippen molar-refractivity contribution in [3.63, 3.8) is 0 Å². The zero-order valence-corrected chi connectivity index (χ0v) is 14.8. The molecule has 1 saturated heterocycles. The summed E-state index contributed by atoms with van der Waals surface area (Å²) in [6.45, 7) is 3.14. The van der Waals surface area contributed by atoms with Gasteiger partial charge in [-0.05, 0) is 42.8 Å². The van der Waals surface area contributed by atoms with Crippen LogP contribution in [0.4, 0.5) is 0 Å². The van der Waals surface area contributed by atoms with Gasteiger partial charge in [0.1, 0.15) is 5.69 Å². The van der Waals surface area contributed by atoms with E-state index in [1.807, 2.05) is 18.2 Å². The fourth-order valence-electron chi connectivity index (χ4n) is 3.50. The lowest BCUT2D eigenvalue weighted by molar-refractivity contribution is 0.179. The number of likely N-dealkylation sites (tertiary alicyclic amines) is 1. The van der Waals surface area contributed by atoms with Gasteiger partial charge in [-0.1, -0.05) is 36.4 Å². The maximum atomic E-state index is 5.49. The van der Waals surface area contributed by atoms with Gasteiger partial charge in [-0.2, -0.15) is 5.10 Å². The lowest BCUT2D eigenvalue weighted by atomic mass is 10.0. The summed E-state index contributed by atoms with van der Waals surface area (Å²) in [5, 5.41) is 7.36. The van der Waals surface area contributed by atoms with Crippen LogP contribution in [0.3, 0.4) is 0 Å². The smallest absolute Gasteiger partial charge is 0.195 e. The second kappa shape index (κ2) is 7.29. The summed E-state index contributed by atoms with van der Waals surface area (Å²) in [7, 11) is 0. The highest BCUT2D eigenvalue weighted by Gasteiger charge is 2.24. The van der Waals surface area contributed by atoms with E-state index < -0.39 is 0 Å². The fourth-order valence-corrected chi connectivity index (χ4v) is 3.78. The molecule has 25 heavy (non-hydrogen) atoms. The maximum absolute atomic E-state index is 5.49. The minimum absolute atomic E-state index is 0.371. The Bertz CT molecular complexity index is 864. The third-order valence-corrected chi connectivity index (χ3v) is 5.06. The molecule has 0 aliphatic carbocycles. The van der Waals surface area contributed by atoms with Crippen molar-refractivity contribution in [3.05, 3.63) is 65.1 Å². The zero-order chi connectivity index (χ0) is 17.1. The fraction of sp³-hybridized carbons (Fsp3) is 0.316. The first-order valence-electron chi connectivity index (χ1n) is 8.66. The number of aromatic nitrogens is 4. The van der Waals surface area contributed by atoms with Gasteiger partial charge in [0.2, 0.25) is 0 Å². The summed E-state index contributed by atoms with van der Waals surface area (Å²) in [6, 6.07) is 16.9. The van der Waals surface area contributed by atoms with Crippen molar-refractivity contribution in [3.8, 4) is 11.5 Å². The molecular weight excluding hydrogens is 330 g/mol. The molecule has 0 unspecified atom stereocenters. The molecule has 2 aromatic heterocycles. The summed E-state index contributed by atoms with van der Waals surface area (Å²) >= 11 is 5.49. The number of hydrogen-bond donors (Lipinski definition) is 1. The van der Waals surface area contributed by atoms with E-state index in [0.29, 0.717) is 10.8 Å². The second-order valence-electron chi connectivity index (χ2n) is 6.43. The second-order valence-corrected chi connectivity index (χ2v) is 6.82. The standard InChI is InChI=1S/C19H21N5S/c25-19-22-21-18(17-8-4-5-11-20-17)24(19)16-9-12-23(13-10-16)14-15-6-2-1-3-7-15/h1-8,11,16H,9-10,12-14H2,(H,22,25). The van der Waals surface area contributed by atoms with Gasteiger partial charge in [0.25, 0.3) is 0 Å². The Morgan fingerprint density at radius 3 is 2.52 bits per heavy atom. The van der Waals surface area contributed by atoms with Crippen LogP contribution in [0.5, 0.6) is 0 Å². The van der Waals surface area contributed by atoms with Crippen molar-refractivity contribution in [2.75, 3.05) is 13.1 Å². The molecule has 0 atom stereocenters. The summed E-state index contributed by atoms with van der Waals surface area (Å²) in [6.07, 6.45) is 3.93. The first-order valence-corrected chi connectivity index (χ1v) is 9.06. The molecule has 1 N–H and O–H groups in total. The van der Waals surface area contributed by atoms with Gasteiger partial charge in [-0.25, -0.2) is 0 Å². The molecule has 1 aliphatic rings. The first kappa shape index (κ1) is 16.2. The van der Waals surface area contributed by atoms with Gasteiger partial charge >= 0.3 is 0 Å². The van der Waals surface area contributed by atoms with Crippen molar-refractivity contribution in [1.82, 2.24) is 24.6 Å². The molecule has 0 saturated carbocycles. The van der Waals surface area contributed by atoms with Gasteiger partial charge in [-0.3, -0.25) is 19.5 Å². The van der Waals surface area contributed by atoms with Crippen LogP contribution in [0.2, 0.25) is 0 Å². The highest BCUT2D eigenvalue weighted by atomic mass is 32.1. The minimum Gasteiger partial charge on any atom is -0.299 e. The third kappa shape index (κ3) is 3.55. The highest BCUT2D eigenvalue weighted by molar-refractivity contribution is 7.71. The Balaban J connectivity index is 1.48. The number of H-pyrrole nitrogens is 1. The zero-order valence-electron chi connectivity index (χ0n) is 14.0. The Morgan fingerprint density at radius 1 is 1.04 bits per heavy atom. The summed E-state index contributed by atoms with van der Waals surface area (Å²) in [5.74, 6) is 0.840. The summed E-state index contributed by atoms with van der Waals surface area (Å²) in [4.78, 5) is 6.94. The average molecular weight is 351 g/mol. The Hall–Kier alpha value is -2.31. The number of piperidine rings is 1. The molecule has 1 aliphatic heterocycles. The van der Waals surface area contributed by atoms with Crippen molar-refractivity contribution >= 4 is 12.2 Å². The van der Waals surface area contributed by atoms with Gasteiger partial charge in [0, 0.05) is 31.9 Å². The van der Waals surface area contributed by atoms with Gasteiger partial charge in [0.15, 0.2) is 10.6 Å². The molecule has 0 bridgehead atoms. The van der Waals surface area contributed by atoms with Crippen molar-refractivity contribution in [2.24, 2.45) is 0 Å². The van der Waals surface area contributed by atoms with E-state index in [9.17, 15) is 0 Å². The van der Waals surface area contributed by atoms with Gasteiger partial charge in [-0.15, -0.1) is 0 Å². The average Bonchev–Trinajstić information content (AvgIpc) is 3.05. The van der Waals surface area contributed by atoms with Crippen molar-refractivity contribution in [1.29, 1.82) is 0 Å². The number of hydrogen-bond acceptors (Lipinski definition) is 4. The molecule has 0 amide bonds. The van der Waals surface area contributed by atoms with Crippen molar-refractivity contribution < 1.29 is 0 Å². The van der Waals surface area contributed by atoms with Crippen LogP contribution in [0.25, 0.3) is 11.5 Å². The van der Waals surface area contributed by atoms with E-state index >= 15 is 0 Å². The molecule has 5 nitrogen and oxygen atoms in total. The maximum Gasteiger partial charge on any atom is 0.195 e. The van der Waals surface area contributed by atoms with E-state index in [4.69, 9.17) is 12.2 Å². The molecule has 0 radical (unpaired) electrons. The topological polar surface area (TPSA) is 49.7 Å².